The molecule has 0 atom stereocenters. The first-order chi connectivity index (χ1) is 10.1. The minimum absolute atomic E-state index is 0.0780. The highest BCUT2D eigenvalue weighted by Gasteiger charge is 2.38. The van der Waals surface area contributed by atoms with Crippen molar-refractivity contribution in [1.29, 1.82) is 0 Å². The van der Waals surface area contributed by atoms with Crippen molar-refractivity contribution in [2.24, 2.45) is 5.73 Å². The predicted octanol–water partition coefficient (Wildman–Crippen LogP) is 2.09. The average Bonchev–Trinajstić information content (AvgIpc) is 3.20. The van der Waals surface area contributed by atoms with Gasteiger partial charge in [0.2, 0.25) is 10.0 Å². The molecule has 1 aliphatic rings. The molecular weight excluding hydrogens is 288 g/mol. The zero-order chi connectivity index (χ0) is 14.9. The molecule has 0 saturated heterocycles. The second kappa shape index (κ2) is 5.63. The lowest BCUT2D eigenvalue weighted by atomic mass is 10.2. The summed E-state index contributed by atoms with van der Waals surface area (Å²) in [5.74, 6) is 0.657. The molecule has 112 valence electrons. The van der Waals surface area contributed by atoms with E-state index in [1.165, 1.54) is 4.31 Å². The van der Waals surface area contributed by atoms with Crippen LogP contribution in [0.2, 0.25) is 0 Å². The number of nitrogens with zero attached hydrogens (tertiary/aromatic N) is 1. The van der Waals surface area contributed by atoms with Crippen LogP contribution < -0.4 is 5.73 Å². The number of benzene rings is 1. The Hall–Kier alpha value is -1.63. The molecule has 3 rings (SSSR count). The lowest BCUT2D eigenvalue weighted by molar-refractivity contribution is 0.356. The molecule has 0 amide bonds. The molecule has 0 spiro atoms. The average molecular weight is 306 g/mol. The van der Waals surface area contributed by atoms with E-state index in [0.717, 1.165) is 18.4 Å². The van der Waals surface area contributed by atoms with Gasteiger partial charge in [0, 0.05) is 12.6 Å². The van der Waals surface area contributed by atoms with Crippen LogP contribution >= 0.6 is 0 Å². The molecule has 2 N–H and O–H groups in total. The quantitative estimate of drug-likeness (QED) is 0.886. The van der Waals surface area contributed by atoms with E-state index in [9.17, 15) is 8.42 Å². The van der Waals surface area contributed by atoms with Crippen molar-refractivity contribution in [2.45, 2.75) is 36.9 Å². The van der Waals surface area contributed by atoms with Crippen molar-refractivity contribution in [3.63, 3.8) is 0 Å². The van der Waals surface area contributed by atoms with Crippen molar-refractivity contribution in [2.75, 3.05) is 0 Å². The zero-order valence-electron chi connectivity index (χ0n) is 11.6. The third-order valence-electron chi connectivity index (χ3n) is 3.61. The summed E-state index contributed by atoms with van der Waals surface area (Å²) >= 11 is 0. The lowest BCUT2D eigenvalue weighted by Gasteiger charge is -2.21. The smallest absolute Gasteiger partial charge is 0.243 e. The van der Waals surface area contributed by atoms with Gasteiger partial charge in [0.1, 0.15) is 5.76 Å². The Labute approximate surface area is 124 Å². The van der Waals surface area contributed by atoms with Gasteiger partial charge in [-0.05, 0) is 42.7 Å². The highest BCUT2D eigenvalue weighted by molar-refractivity contribution is 7.89. The van der Waals surface area contributed by atoms with E-state index in [4.69, 9.17) is 10.2 Å². The normalized spacial score (nSPS) is 15.5. The molecular formula is C15H18N2O3S. The molecule has 1 aromatic heterocycles. The van der Waals surface area contributed by atoms with Gasteiger partial charge in [-0.2, -0.15) is 4.31 Å². The first-order valence-electron chi connectivity index (χ1n) is 6.94. The summed E-state index contributed by atoms with van der Waals surface area (Å²) in [5, 5.41) is 0. The first kappa shape index (κ1) is 14.3. The predicted molar refractivity (Wildman–Crippen MR) is 78.8 cm³/mol. The van der Waals surface area contributed by atoms with Gasteiger partial charge in [-0.3, -0.25) is 0 Å². The Bertz CT molecular complexity index is 689. The molecule has 1 aliphatic carbocycles. The summed E-state index contributed by atoms with van der Waals surface area (Å²) in [6.07, 6.45) is 3.37. The number of sulfonamides is 1. The largest absolute Gasteiger partial charge is 0.468 e. The third-order valence-corrected chi connectivity index (χ3v) is 5.52. The Morgan fingerprint density at radius 2 is 1.90 bits per heavy atom. The lowest BCUT2D eigenvalue weighted by Crippen LogP contribution is -2.32. The van der Waals surface area contributed by atoms with Gasteiger partial charge in [-0.25, -0.2) is 8.42 Å². The molecule has 0 bridgehead atoms. The van der Waals surface area contributed by atoms with Crippen molar-refractivity contribution in [3.05, 3.63) is 54.0 Å². The molecule has 0 aliphatic heterocycles. The molecule has 2 aromatic rings. The Morgan fingerprint density at radius 1 is 1.19 bits per heavy atom. The maximum absolute atomic E-state index is 12.8. The van der Waals surface area contributed by atoms with Crippen LogP contribution in [0.5, 0.6) is 0 Å². The summed E-state index contributed by atoms with van der Waals surface area (Å²) < 4.78 is 32.4. The maximum Gasteiger partial charge on any atom is 0.243 e. The highest BCUT2D eigenvalue weighted by Crippen LogP contribution is 2.33. The van der Waals surface area contributed by atoms with E-state index in [0.29, 0.717) is 17.2 Å². The number of rotatable bonds is 6. The maximum atomic E-state index is 12.8. The van der Waals surface area contributed by atoms with E-state index in [1.54, 1.807) is 42.7 Å². The Kier molecular flexibility index (Phi) is 3.84. The van der Waals surface area contributed by atoms with Gasteiger partial charge in [-0.15, -0.1) is 0 Å². The molecule has 6 heteroatoms. The van der Waals surface area contributed by atoms with Crippen LogP contribution in [0, 0.1) is 0 Å². The van der Waals surface area contributed by atoms with Crippen molar-refractivity contribution >= 4 is 10.0 Å². The SMILES string of the molecule is NCc1ccc(S(=O)(=O)N(Cc2ccco2)C2CC2)cc1. The van der Waals surface area contributed by atoms with Crippen LogP contribution in [0.4, 0.5) is 0 Å². The number of furan rings is 1. The van der Waals surface area contributed by atoms with Gasteiger partial charge in [-0.1, -0.05) is 12.1 Å². The summed E-state index contributed by atoms with van der Waals surface area (Å²) in [5.41, 5.74) is 6.46. The Balaban J connectivity index is 1.89. The fourth-order valence-corrected chi connectivity index (χ4v) is 3.91. The van der Waals surface area contributed by atoms with Crippen LogP contribution in [-0.4, -0.2) is 18.8 Å². The standard InChI is InChI=1S/C15H18N2O3S/c16-10-12-3-7-15(8-4-12)21(18,19)17(13-5-6-13)11-14-2-1-9-20-14/h1-4,7-9,13H,5-6,10-11,16H2. The van der Waals surface area contributed by atoms with Crippen molar-refractivity contribution in [3.8, 4) is 0 Å². The van der Waals surface area contributed by atoms with Crippen LogP contribution in [0.15, 0.2) is 52.0 Å². The van der Waals surface area contributed by atoms with E-state index >= 15 is 0 Å². The van der Waals surface area contributed by atoms with Gasteiger partial charge in [0.25, 0.3) is 0 Å². The highest BCUT2D eigenvalue weighted by atomic mass is 32.2. The molecule has 0 radical (unpaired) electrons. The van der Waals surface area contributed by atoms with Gasteiger partial charge in [0.05, 0.1) is 17.7 Å². The number of nitrogens with two attached hydrogens (primary N) is 1. The third kappa shape index (κ3) is 3.02. The van der Waals surface area contributed by atoms with E-state index in [-0.39, 0.29) is 12.6 Å². The van der Waals surface area contributed by atoms with E-state index in [1.807, 2.05) is 0 Å². The van der Waals surface area contributed by atoms with Gasteiger partial charge in [0.15, 0.2) is 0 Å². The molecule has 0 unspecified atom stereocenters. The minimum Gasteiger partial charge on any atom is -0.468 e. The first-order valence-corrected chi connectivity index (χ1v) is 8.38. The van der Waals surface area contributed by atoms with Crippen LogP contribution in [0.3, 0.4) is 0 Å². The number of hydrogen-bond donors (Lipinski definition) is 1. The topological polar surface area (TPSA) is 76.5 Å². The fraction of sp³-hybridized carbons (Fsp3) is 0.333. The Morgan fingerprint density at radius 3 is 2.43 bits per heavy atom. The summed E-state index contributed by atoms with van der Waals surface area (Å²) in [6.45, 7) is 0.678. The molecule has 1 heterocycles. The van der Waals surface area contributed by atoms with Gasteiger partial charge < -0.3 is 10.2 Å². The van der Waals surface area contributed by atoms with Crippen LogP contribution in [0.25, 0.3) is 0 Å². The molecule has 1 fully saturated rings. The van der Waals surface area contributed by atoms with Gasteiger partial charge >= 0.3 is 0 Å². The monoisotopic (exact) mass is 306 g/mol. The zero-order valence-corrected chi connectivity index (χ0v) is 12.4. The van der Waals surface area contributed by atoms with Crippen molar-refractivity contribution < 1.29 is 12.8 Å². The number of hydrogen-bond acceptors (Lipinski definition) is 4. The second-order valence-electron chi connectivity index (χ2n) is 5.21. The molecule has 1 saturated carbocycles. The summed E-state index contributed by atoms with van der Waals surface area (Å²) in [4.78, 5) is 0.304. The molecule has 5 nitrogen and oxygen atoms in total. The fourth-order valence-electron chi connectivity index (χ4n) is 2.26. The van der Waals surface area contributed by atoms with E-state index < -0.39 is 10.0 Å². The van der Waals surface area contributed by atoms with E-state index in [2.05, 4.69) is 0 Å². The summed E-state index contributed by atoms with van der Waals surface area (Å²) in [7, 11) is -3.51. The minimum atomic E-state index is -3.51. The molecule has 1 aromatic carbocycles. The van der Waals surface area contributed by atoms with Crippen LogP contribution in [-0.2, 0) is 23.1 Å². The van der Waals surface area contributed by atoms with Crippen molar-refractivity contribution in [1.82, 2.24) is 4.31 Å². The second-order valence-corrected chi connectivity index (χ2v) is 7.10. The summed E-state index contributed by atoms with van der Waals surface area (Å²) in [6, 6.07) is 10.4. The molecule has 21 heavy (non-hydrogen) atoms. The van der Waals surface area contributed by atoms with Crippen LogP contribution in [0.1, 0.15) is 24.2 Å².